The van der Waals surface area contributed by atoms with Gasteiger partial charge in [0.05, 0.1) is 15.6 Å². The third-order valence-electron chi connectivity index (χ3n) is 4.35. The highest BCUT2D eigenvalue weighted by Crippen LogP contribution is 2.24. The van der Waals surface area contributed by atoms with Crippen molar-refractivity contribution in [2.24, 2.45) is 0 Å². The summed E-state index contributed by atoms with van der Waals surface area (Å²) in [7, 11) is -3.51. The van der Waals surface area contributed by atoms with Crippen LogP contribution < -0.4 is 10.1 Å². The van der Waals surface area contributed by atoms with Crippen LogP contribution >= 0.6 is 11.6 Å². The van der Waals surface area contributed by atoms with Crippen molar-refractivity contribution >= 4 is 33.2 Å². The van der Waals surface area contributed by atoms with Crippen molar-refractivity contribution in [2.75, 3.05) is 25.0 Å². The number of hydrogen-bond acceptors (Lipinski definition) is 4. The summed E-state index contributed by atoms with van der Waals surface area (Å²) in [6, 6.07) is 9.59. The van der Waals surface area contributed by atoms with Crippen molar-refractivity contribution in [3.8, 4) is 5.75 Å². The van der Waals surface area contributed by atoms with Crippen molar-refractivity contribution in [2.45, 2.75) is 24.2 Å². The van der Waals surface area contributed by atoms with Crippen molar-refractivity contribution in [3.05, 3.63) is 53.3 Å². The Bertz CT molecular complexity index is 945. The van der Waals surface area contributed by atoms with Crippen LogP contribution in [0.2, 0.25) is 5.02 Å². The molecule has 1 fully saturated rings. The summed E-state index contributed by atoms with van der Waals surface area (Å²) < 4.78 is 45.1. The largest absolute Gasteiger partial charge is 0.484 e. The third-order valence-corrected chi connectivity index (χ3v) is 6.58. The Balaban J connectivity index is 1.57. The lowest BCUT2D eigenvalue weighted by atomic mass is 10.2. The maximum Gasteiger partial charge on any atom is 0.262 e. The number of amides is 1. The minimum Gasteiger partial charge on any atom is -0.484 e. The van der Waals surface area contributed by atoms with Crippen LogP contribution in [0.15, 0.2) is 47.4 Å². The summed E-state index contributed by atoms with van der Waals surface area (Å²) in [5.74, 6) is -0.615. The summed E-state index contributed by atoms with van der Waals surface area (Å²) in [5, 5.41) is 2.61. The third kappa shape index (κ3) is 5.01. The van der Waals surface area contributed by atoms with E-state index in [2.05, 4.69) is 5.32 Å². The molecule has 0 aromatic heterocycles. The minimum absolute atomic E-state index is 0.0839. The molecule has 0 saturated carbocycles. The summed E-state index contributed by atoms with van der Waals surface area (Å²) in [4.78, 5) is 12.2. The Labute approximate surface area is 168 Å². The van der Waals surface area contributed by atoms with Gasteiger partial charge in [-0.1, -0.05) is 18.0 Å². The van der Waals surface area contributed by atoms with Gasteiger partial charge in [0.15, 0.2) is 6.61 Å². The van der Waals surface area contributed by atoms with Gasteiger partial charge in [0, 0.05) is 13.1 Å². The van der Waals surface area contributed by atoms with Crippen LogP contribution in [0.3, 0.4) is 0 Å². The maximum atomic E-state index is 13.0. The van der Waals surface area contributed by atoms with Gasteiger partial charge in [-0.15, -0.1) is 0 Å². The fraction of sp³-hybridized carbons (Fsp3) is 0.316. The molecule has 6 nitrogen and oxygen atoms in total. The first-order valence-corrected chi connectivity index (χ1v) is 10.7. The molecular weight excluding hydrogens is 407 g/mol. The van der Waals surface area contributed by atoms with Gasteiger partial charge in [0.25, 0.3) is 5.91 Å². The second kappa shape index (κ2) is 8.89. The zero-order valence-corrected chi connectivity index (χ0v) is 16.6. The summed E-state index contributed by atoms with van der Waals surface area (Å²) in [6.45, 7) is 0.769. The molecule has 1 N–H and O–H groups in total. The number of benzene rings is 2. The number of sulfonamides is 1. The molecule has 0 bridgehead atoms. The van der Waals surface area contributed by atoms with Crippen molar-refractivity contribution in [1.82, 2.24) is 4.31 Å². The Morgan fingerprint density at radius 3 is 2.43 bits per heavy atom. The van der Waals surface area contributed by atoms with Gasteiger partial charge in [0.1, 0.15) is 11.6 Å². The predicted octanol–water partition coefficient (Wildman–Crippen LogP) is 3.67. The van der Waals surface area contributed by atoms with E-state index in [1.54, 1.807) is 0 Å². The number of carbonyl (C=O) groups is 1. The summed E-state index contributed by atoms with van der Waals surface area (Å²) in [6.07, 6.45) is 2.78. The number of piperidine rings is 1. The number of nitrogens with one attached hydrogen (secondary N) is 1. The van der Waals surface area contributed by atoms with Crippen LogP contribution in [0.4, 0.5) is 10.1 Å². The summed E-state index contributed by atoms with van der Waals surface area (Å²) >= 11 is 5.86. The highest BCUT2D eigenvalue weighted by molar-refractivity contribution is 7.89. The molecule has 1 heterocycles. The lowest BCUT2D eigenvalue weighted by molar-refractivity contribution is -0.118. The molecule has 1 aliphatic heterocycles. The normalized spacial score (nSPS) is 15.2. The number of ether oxygens (including phenoxy) is 1. The number of halogens is 2. The number of hydrogen-bond donors (Lipinski definition) is 1. The second-order valence-electron chi connectivity index (χ2n) is 6.40. The second-order valence-corrected chi connectivity index (χ2v) is 8.74. The Hall–Kier alpha value is -2.16. The van der Waals surface area contributed by atoms with Gasteiger partial charge in [-0.2, -0.15) is 4.31 Å². The van der Waals surface area contributed by atoms with E-state index in [1.807, 2.05) is 0 Å². The molecule has 1 saturated heterocycles. The Kier molecular flexibility index (Phi) is 6.53. The number of nitrogens with zero attached hydrogens (tertiary/aromatic N) is 1. The molecule has 0 unspecified atom stereocenters. The smallest absolute Gasteiger partial charge is 0.262 e. The monoisotopic (exact) mass is 426 g/mol. The number of anilines is 1. The van der Waals surface area contributed by atoms with Gasteiger partial charge < -0.3 is 10.1 Å². The van der Waals surface area contributed by atoms with E-state index in [0.717, 1.165) is 25.3 Å². The fourth-order valence-electron chi connectivity index (χ4n) is 2.89. The average molecular weight is 427 g/mol. The summed E-state index contributed by atoms with van der Waals surface area (Å²) in [5.41, 5.74) is 0.277. The molecule has 9 heteroatoms. The average Bonchev–Trinajstić information content (AvgIpc) is 2.69. The van der Waals surface area contributed by atoms with E-state index < -0.39 is 21.7 Å². The quantitative estimate of drug-likeness (QED) is 0.764. The van der Waals surface area contributed by atoms with E-state index >= 15 is 0 Å². The Morgan fingerprint density at radius 1 is 1.11 bits per heavy atom. The molecule has 1 aliphatic rings. The lowest BCUT2D eigenvalue weighted by Crippen LogP contribution is -2.35. The van der Waals surface area contributed by atoms with Gasteiger partial charge in [0.2, 0.25) is 10.0 Å². The first-order chi connectivity index (χ1) is 13.4. The van der Waals surface area contributed by atoms with Crippen LogP contribution in [0, 0.1) is 5.82 Å². The van der Waals surface area contributed by atoms with Gasteiger partial charge in [-0.3, -0.25) is 4.79 Å². The molecule has 0 radical (unpaired) electrons. The highest BCUT2D eigenvalue weighted by Gasteiger charge is 2.25. The lowest BCUT2D eigenvalue weighted by Gasteiger charge is -2.25. The van der Waals surface area contributed by atoms with E-state index in [0.29, 0.717) is 18.8 Å². The SMILES string of the molecule is O=C(COc1ccc(S(=O)(=O)N2CCCCC2)cc1)Nc1ccc(F)cc1Cl. The number of rotatable bonds is 6. The van der Waals surface area contributed by atoms with Crippen LogP contribution in [0.25, 0.3) is 0 Å². The van der Waals surface area contributed by atoms with E-state index in [9.17, 15) is 17.6 Å². The molecule has 0 aliphatic carbocycles. The Morgan fingerprint density at radius 2 is 1.79 bits per heavy atom. The molecule has 1 amide bonds. The van der Waals surface area contributed by atoms with Crippen LogP contribution in [0.5, 0.6) is 5.75 Å². The van der Waals surface area contributed by atoms with Gasteiger partial charge in [-0.25, -0.2) is 12.8 Å². The van der Waals surface area contributed by atoms with E-state index in [-0.39, 0.29) is 22.2 Å². The molecule has 3 rings (SSSR count). The van der Waals surface area contributed by atoms with Crippen LogP contribution in [-0.4, -0.2) is 38.3 Å². The van der Waals surface area contributed by atoms with Crippen LogP contribution in [0.1, 0.15) is 19.3 Å². The van der Waals surface area contributed by atoms with Crippen molar-refractivity contribution < 1.29 is 22.3 Å². The topological polar surface area (TPSA) is 75.7 Å². The molecule has 0 spiro atoms. The standard InChI is InChI=1S/C19H20ClFN2O4S/c20-17-12-14(21)4-9-18(17)22-19(24)13-27-15-5-7-16(8-6-15)28(25,26)23-10-2-1-3-11-23/h4-9,12H,1-3,10-11,13H2,(H,22,24). The maximum absolute atomic E-state index is 13.0. The first kappa shape index (κ1) is 20.6. The molecular formula is C19H20ClFN2O4S. The van der Waals surface area contributed by atoms with E-state index in [4.69, 9.17) is 16.3 Å². The molecule has 2 aromatic carbocycles. The van der Waals surface area contributed by atoms with Crippen LogP contribution in [-0.2, 0) is 14.8 Å². The fourth-order valence-corrected chi connectivity index (χ4v) is 4.62. The zero-order chi connectivity index (χ0) is 20.1. The van der Waals surface area contributed by atoms with E-state index in [1.165, 1.54) is 40.7 Å². The highest BCUT2D eigenvalue weighted by atomic mass is 35.5. The molecule has 28 heavy (non-hydrogen) atoms. The number of carbonyl (C=O) groups excluding carboxylic acids is 1. The molecule has 150 valence electrons. The van der Waals surface area contributed by atoms with Gasteiger partial charge in [-0.05, 0) is 55.3 Å². The predicted molar refractivity (Wildman–Crippen MR) is 105 cm³/mol. The van der Waals surface area contributed by atoms with Crippen molar-refractivity contribution in [1.29, 1.82) is 0 Å². The van der Waals surface area contributed by atoms with Crippen molar-refractivity contribution in [3.63, 3.8) is 0 Å². The van der Waals surface area contributed by atoms with Gasteiger partial charge >= 0.3 is 0 Å². The first-order valence-electron chi connectivity index (χ1n) is 8.84. The zero-order valence-electron chi connectivity index (χ0n) is 15.0. The minimum atomic E-state index is -3.51. The molecule has 2 aromatic rings. The molecule has 0 atom stereocenters.